The first-order chi connectivity index (χ1) is 13.0. The van der Waals surface area contributed by atoms with Crippen molar-refractivity contribution in [1.82, 2.24) is 9.55 Å². The molecule has 0 fully saturated rings. The summed E-state index contributed by atoms with van der Waals surface area (Å²) in [4.78, 5) is 20.7. The number of nitrogens with two attached hydrogens (primary N) is 1. The largest absolute Gasteiger partial charge is 0.364 e. The number of fused-ring (bicyclic) bond motifs is 3. The molecule has 1 aliphatic rings. The van der Waals surface area contributed by atoms with Crippen molar-refractivity contribution < 1.29 is 9.18 Å². The van der Waals surface area contributed by atoms with E-state index in [2.05, 4.69) is 10.9 Å². The fraction of sp³-hybridized carbons (Fsp3) is 0.0952. The molecule has 0 spiro atoms. The highest BCUT2D eigenvalue weighted by Crippen LogP contribution is 2.33. The van der Waals surface area contributed by atoms with Crippen LogP contribution in [0.1, 0.15) is 45.8 Å². The summed E-state index contributed by atoms with van der Waals surface area (Å²) in [6.45, 7) is 1.81. The van der Waals surface area contributed by atoms with Gasteiger partial charge in [0.1, 0.15) is 12.1 Å². The molecule has 1 aliphatic heterocycles. The average Bonchev–Trinajstić information content (AvgIpc) is 3.07. The molecule has 0 saturated heterocycles. The smallest absolute Gasteiger partial charge is 0.269 e. The molecule has 0 aliphatic carbocycles. The number of imidazole rings is 1. The van der Waals surface area contributed by atoms with Crippen molar-refractivity contribution in [2.75, 3.05) is 0 Å². The van der Waals surface area contributed by atoms with E-state index in [1.54, 1.807) is 34.9 Å². The van der Waals surface area contributed by atoms with E-state index < -0.39 is 11.9 Å². The molecule has 0 unspecified atom stereocenters. The van der Waals surface area contributed by atoms with E-state index in [0.29, 0.717) is 33.8 Å². The third kappa shape index (κ3) is 2.61. The molecule has 1 aromatic heterocycles. The topological polar surface area (TPSA) is 73.3 Å². The number of carbonyl (C=O) groups is 1. The van der Waals surface area contributed by atoms with Crippen LogP contribution in [-0.4, -0.2) is 21.2 Å². The number of primary amides is 1. The van der Waals surface area contributed by atoms with Crippen molar-refractivity contribution >= 4 is 11.6 Å². The van der Waals surface area contributed by atoms with Crippen LogP contribution in [0.15, 0.2) is 53.8 Å². The van der Waals surface area contributed by atoms with Gasteiger partial charge in [-0.2, -0.15) is 0 Å². The van der Waals surface area contributed by atoms with Crippen LogP contribution < -0.4 is 5.73 Å². The van der Waals surface area contributed by atoms with Gasteiger partial charge in [0.2, 0.25) is 0 Å². The number of amides is 1. The molecule has 27 heavy (non-hydrogen) atoms. The summed E-state index contributed by atoms with van der Waals surface area (Å²) in [7, 11) is 0. The first-order valence-corrected chi connectivity index (χ1v) is 8.32. The number of aromatic nitrogens is 2. The van der Waals surface area contributed by atoms with Crippen LogP contribution >= 0.6 is 0 Å². The Bertz CT molecular complexity index is 1150. The maximum Gasteiger partial charge on any atom is 0.269 e. The number of benzene rings is 2. The third-order valence-electron chi connectivity index (χ3n) is 4.56. The number of nitrogens with zero attached hydrogens (tertiary/aromatic N) is 3. The molecule has 4 rings (SSSR count). The Labute approximate surface area is 155 Å². The van der Waals surface area contributed by atoms with Gasteiger partial charge in [-0.1, -0.05) is 18.1 Å². The van der Waals surface area contributed by atoms with Gasteiger partial charge < -0.3 is 5.73 Å². The lowest BCUT2D eigenvalue weighted by Crippen LogP contribution is -2.15. The van der Waals surface area contributed by atoms with Crippen molar-refractivity contribution in [2.45, 2.75) is 13.0 Å². The molecule has 132 valence electrons. The SMILES string of the molecule is C#Cc1ccc2c(c1)C(c1ccccc1F)=N[C@H](C)c1c(C(N)=O)ncn1-2. The molecule has 0 saturated carbocycles. The molecule has 2 aromatic carbocycles. The molecule has 2 heterocycles. The lowest BCUT2D eigenvalue weighted by atomic mass is 9.98. The van der Waals surface area contributed by atoms with Crippen LogP contribution in [0.5, 0.6) is 0 Å². The van der Waals surface area contributed by atoms with Gasteiger partial charge in [-0.25, -0.2) is 9.37 Å². The Kier molecular flexibility index (Phi) is 3.85. The van der Waals surface area contributed by atoms with E-state index >= 15 is 0 Å². The Hall–Kier alpha value is -3.72. The number of hydrogen-bond acceptors (Lipinski definition) is 3. The van der Waals surface area contributed by atoms with Crippen molar-refractivity contribution in [3.05, 3.63) is 82.7 Å². The summed E-state index contributed by atoms with van der Waals surface area (Å²) >= 11 is 0. The van der Waals surface area contributed by atoms with Gasteiger partial charge >= 0.3 is 0 Å². The van der Waals surface area contributed by atoms with Gasteiger partial charge in [-0.05, 0) is 37.3 Å². The number of carbonyl (C=O) groups excluding carboxylic acids is 1. The molecular weight excluding hydrogens is 343 g/mol. The molecule has 6 heteroatoms. The van der Waals surface area contributed by atoms with Crippen molar-refractivity contribution in [1.29, 1.82) is 0 Å². The normalized spacial score (nSPS) is 15.1. The van der Waals surface area contributed by atoms with Crippen LogP contribution in [0, 0.1) is 18.2 Å². The van der Waals surface area contributed by atoms with Gasteiger partial charge in [0.25, 0.3) is 5.91 Å². The van der Waals surface area contributed by atoms with E-state index in [0.717, 1.165) is 0 Å². The van der Waals surface area contributed by atoms with E-state index in [9.17, 15) is 9.18 Å². The number of rotatable bonds is 2. The summed E-state index contributed by atoms with van der Waals surface area (Å²) in [5.74, 6) is 1.57. The van der Waals surface area contributed by atoms with Crippen molar-refractivity contribution in [2.24, 2.45) is 10.7 Å². The predicted octanol–water partition coefficient (Wildman–Crippen LogP) is 3.00. The van der Waals surface area contributed by atoms with Gasteiger partial charge in [-0.3, -0.25) is 14.4 Å². The summed E-state index contributed by atoms with van der Waals surface area (Å²) in [6, 6.07) is 11.3. The predicted molar refractivity (Wildman–Crippen MR) is 100 cm³/mol. The number of halogens is 1. The number of aliphatic imine (C=N–C) groups is 1. The van der Waals surface area contributed by atoms with Crippen molar-refractivity contribution in [3.63, 3.8) is 0 Å². The fourth-order valence-corrected chi connectivity index (χ4v) is 3.36. The molecule has 1 atom stereocenters. The Morgan fingerprint density at radius 2 is 2.04 bits per heavy atom. The van der Waals surface area contributed by atoms with Crippen LogP contribution in [0.4, 0.5) is 4.39 Å². The second-order valence-electron chi connectivity index (χ2n) is 6.22. The summed E-state index contributed by atoms with van der Waals surface area (Å²) in [5.41, 5.74) is 9.02. The lowest BCUT2D eigenvalue weighted by molar-refractivity contribution is 0.0994. The van der Waals surface area contributed by atoms with E-state index in [-0.39, 0.29) is 11.5 Å². The highest BCUT2D eigenvalue weighted by molar-refractivity contribution is 6.15. The van der Waals surface area contributed by atoms with Gasteiger partial charge in [0, 0.05) is 16.7 Å². The quantitative estimate of drug-likeness (QED) is 0.715. The zero-order chi connectivity index (χ0) is 19.1. The Morgan fingerprint density at radius 3 is 2.74 bits per heavy atom. The summed E-state index contributed by atoms with van der Waals surface area (Å²) in [5, 5.41) is 0. The van der Waals surface area contributed by atoms with E-state index in [4.69, 9.17) is 17.1 Å². The molecule has 3 aromatic rings. The van der Waals surface area contributed by atoms with E-state index in [1.807, 2.05) is 13.0 Å². The van der Waals surface area contributed by atoms with Crippen LogP contribution in [-0.2, 0) is 0 Å². The number of hydrogen-bond donors (Lipinski definition) is 1. The second-order valence-corrected chi connectivity index (χ2v) is 6.22. The van der Waals surface area contributed by atoms with Crippen LogP contribution in [0.25, 0.3) is 5.69 Å². The lowest BCUT2D eigenvalue weighted by Gasteiger charge is -2.12. The first kappa shape index (κ1) is 16.7. The maximum absolute atomic E-state index is 14.6. The third-order valence-corrected chi connectivity index (χ3v) is 4.56. The van der Waals surface area contributed by atoms with Gasteiger partial charge in [0.15, 0.2) is 5.69 Å². The second kappa shape index (κ2) is 6.22. The molecular formula is C21H15FN4O. The summed E-state index contributed by atoms with van der Waals surface area (Å²) in [6.07, 6.45) is 7.09. The first-order valence-electron chi connectivity index (χ1n) is 8.32. The minimum atomic E-state index is -0.637. The fourth-order valence-electron chi connectivity index (χ4n) is 3.36. The average molecular weight is 358 g/mol. The van der Waals surface area contributed by atoms with Crippen LogP contribution in [0.3, 0.4) is 0 Å². The standard InChI is InChI=1S/C21H15FN4O/c1-3-13-8-9-17-15(10-13)18(14-6-4-5-7-16(14)22)25-12(2)20-19(21(23)27)24-11-26(17)20/h1,4-12H,2H3,(H2,23,27)/t12-/m1/s1. The monoisotopic (exact) mass is 358 g/mol. The van der Waals surface area contributed by atoms with E-state index in [1.165, 1.54) is 12.4 Å². The van der Waals surface area contributed by atoms with Gasteiger partial charge in [-0.15, -0.1) is 6.42 Å². The molecule has 1 amide bonds. The minimum absolute atomic E-state index is 0.146. The van der Waals surface area contributed by atoms with Crippen LogP contribution in [0.2, 0.25) is 0 Å². The van der Waals surface area contributed by atoms with Crippen molar-refractivity contribution in [3.8, 4) is 18.0 Å². The zero-order valence-corrected chi connectivity index (χ0v) is 14.5. The Balaban J connectivity index is 2.08. The minimum Gasteiger partial charge on any atom is -0.364 e. The molecule has 2 N–H and O–H groups in total. The number of terminal acetylenes is 1. The summed E-state index contributed by atoms with van der Waals surface area (Å²) < 4.78 is 16.3. The highest BCUT2D eigenvalue weighted by atomic mass is 19.1. The molecule has 5 nitrogen and oxygen atoms in total. The maximum atomic E-state index is 14.6. The Morgan fingerprint density at radius 1 is 1.26 bits per heavy atom. The molecule has 0 bridgehead atoms. The van der Waals surface area contributed by atoms with Gasteiger partial charge in [0.05, 0.1) is 23.1 Å². The zero-order valence-electron chi connectivity index (χ0n) is 14.5. The molecule has 0 radical (unpaired) electrons. The highest BCUT2D eigenvalue weighted by Gasteiger charge is 2.28.